The molecule has 1 heterocycles. The molecule has 0 spiro atoms. The Labute approximate surface area is 89.2 Å². The van der Waals surface area contributed by atoms with Crippen molar-refractivity contribution in [2.45, 2.75) is 33.2 Å². The zero-order valence-electron chi connectivity index (χ0n) is 9.57. The van der Waals surface area contributed by atoms with E-state index in [9.17, 15) is 4.79 Å². The fraction of sp³-hybridized carbons (Fsp3) is 0.600. The molecule has 0 atom stereocenters. The molecule has 0 aromatic carbocycles. The van der Waals surface area contributed by atoms with E-state index >= 15 is 0 Å². The van der Waals surface area contributed by atoms with E-state index in [2.05, 4.69) is 5.10 Å². The van der Waals surface area contributed by atoms with E-state index in [0.29, 0.717) is 12.4 Å². The Hall–Kier alpha value is -1.52. The second-order valence-corrected chi connectivity index (χ2v) is 3.90. The van der Waals surface area contributed by atoms with Crippen LogP contribution in [0, 0.1) is 6.92 Å². The minimum atomic E-state index is -0.822. The number of nitrogens with zero attached hydrogens (tertiary/aromatic N) is 2. The van der Waals surface area contributed by atoms with Gasteiger partial charge in [0.05, 0.1) is 6.61 Å². The van der Waals surface area contributed by atoms with Gasteiger partial charge in [-0.1, -0.05) is 0 Å². The van der Waals surface area contributed by atoms with Gasteiger partial charge in [0.2, 0.25) is 0 Å². The first-order valence-electron chi connectivity index (χ1n) is 4.89. The third-order valence-electron chi connectivity index (χ3n) is 2.21. The highest BCUT2D eigenvalue weighted by atomic mass is 16.5. The number of carbonyl (C=O) groups is 1. The molecule has 0 radical (unpaired) electrons. The highest BCUT2D eigenvalue weighted by Crippen LogP contribution is 2.20. The van der Waals surface area contributed by atoms with Gasteiger partial charge < -0.3 is 10.5 Å². The van der Waals surface area contributed by atoms with Gasteiger partial charge in [0.25, 0.3) is 0 Å². The van der Waals surface area contributed by atoms with Gasteiger partial charge in [0, 0.05) is 11.8 Å². The van der Waals surface area contributed by atoms with Crippen molar-refractivity contribution >= 4 is 11.8 Å². The molecule has 2 N–H and O–H groups in total. The number of aryl methyl sites for hydroxylation is 1. The summed E-state index contributed by atoms with van der Waals surface area (Å²) in [7, 11) is 0. The third kappa shape index (κ3) is 2.11. The Balaban J connectivity index is 3.04. The first-order valence-corrected chi connectivity index (χ1v) is 4.89. The lowest BCUT2D eigenvalue weighted by atomic mass is 10.1. The van der Waals surface area contributed by atoms with Crippen LogP contribution >= 0.6 is 0 Å². The summed E-state index contributed by atoms with van der Waals surface area (Å²) in [6, 6.07) is 1.72. The number of hydrogen-bond acceptors (Lipinski definition) is 4. The van der Waals surface area contributed by atoms with E-state index < -0.39 is 5.54 Å². The Morgan fingerprint density at radius 1 is 1.67 bits per heavy atom. The maximum atomic E-state index is 11.7. The van der Waals surface area contributed by atoms with E-state index in [0.717, 1.165) is 5.69 Å². The molecule has 0 saturated carbocycles. The van der Waals surface area contributed by atoms with Crippen molar-refractivity contribution in [2.24, 2.45) is 0 Å². The average molecular weight is 211 g/mol. The van der Waals surface area contributed by atoms with Gasteiger partial charge in [0.1, 0.15) is 5.82 Å². The molecule has 84 valence electrons. The molecule has 0 amide bonds. The summed E-state index contributed by atoms with van der Waals surface area (Å²) in [5.74, 6) is 0.0982. The first kappa shape index (κ1) is 11.6. The lowest BCUT2D eigenvalue weighted by molar-refractivity contribution is -0.152. The molecule has 0 unspecified atom stereocenters. The van der Waals surface area contributed by atoms with Crippen LogP contribution in [-0.4, -0.2) is 22.4 Å². The lowest BCUT2D eigenvalue weighted by Crippen LogP contribution is -2.39. The second-order valence-electron chi connectivity index (χ2n) is 3.90. The number of carbonyl (C=O) groups excluding carboxylic acids is 1. The smallest absolute Gasteiger partial charge is 0.333 e. The zero-order valence-corrected chi connectivity index (χ0v) is 9.57. The summed E-state index contributed by atoms with van der Waals surface area (Å²) in [5.41, 5.74) is 5.58. The van der Waals surface area contributed by atoms with Gasteiger partial charge in [-0.15, -0.1) is 0 Å². The number of rotatable bonds is 3. The maximum Gasteiger partial charge on any atom is 0.333 e. The van der Waals surface area contributed by atoms with E-state index in [1.807, 2.05) is 6.92 Å². The predicted molar refractivity (Wildman–Crippen MR) is 57.3 cm³/mol. The molecule has 5 nitrogen and oxygen atoms in total. The Morgan fingerprint density at radius 3 is 2.67 bits per heavy atom. The third-order valence-corrected chi connectivity index (χ3v) is 2.21. The van der Waals surface area contributed by atoms with Gasteiger partial charge in [-0.25, -0.2) is 4.79 Å². The number of esters is 1. The van der Waals surface area contributed by atoms with Gasteiger partial charge in [-0.2, -0.15) is 5.10 Å². The number of hydrogen-bond donors (Lipinski definition) is 1. The normalized spacial score (nSPS) is 11.5. The predicted octanol–water partition coefficient (Wildman–Crippen LogP) is 1.07. The molecule has 0 fully saturated rings. The molecular formula is C10H17N3O2. The van der Waals surface area contributed by atoms with Gasteiger partial charge in [-0.3, -0.25) is 4.68 Å². The number of nitrogen functional groups attached to an aromatic ring is 1. The SMILES string of the molecule is CCOC(=O)C(C)(C)n1nc(N)cc1C. The zero-order chi connectivity index (χ0) is 11.6. The monoisotopic (exact) mass is 211 g/mol. The van der Waals surface area contributed by atoms with Crippen molar-refractivity contribution in [1.29, 1.82) is 0 Å². The molecule has 1 rings (SSSR count). The van der Waals surface area contributed by atoms with Crippen LogP contribution in [0.25, 0.3) is 0 Å². The van der Waals surface area contributed by atoms with Gasteiger partial charge in [0.15, 0.2) is 5.54 Å². The van der Waals surface area contributed by atoms with Crippen molar-refractivity contribution in [2.75, 3.05) is 12.3 Å². The second kappa shape index (κ2) is 3.92. The van der Waals surface area contributed by atoms with Crippen molar-refractivity contribution in [1.82, 2.24) is 9.78 Å². The Kier molecular flexibility index (Phi) is 3.02. The fourth-order valence-corrected chi connectivity index (χ4v) is 1.46. The minimum Gasteiger partial charge on any atom is -0.464 e. The standard InChI is InChI=1S/C10H17N3O2/c1-5-15-9(14)10(3,4)13-7(2)6-8(11)12-13/h6H,5H2,1-4H3,(H2,11,12). The largest absolute Gasteiger partial charge is 0.464 e. The molecule has 1 aromatic heterocycles. The van der Waals surface area contributed by atoms with Crippen molar-refractivity contribution in [3.63, 3.8) is 0 Å². The lowest BCUT2D eigenvalue weighted by Gasteiger charge is -2.24. The van der Waals surface area contributed by atoms with E-state index in [1.165, 1.54) is 0 Å². The highest BCUT2D eigenvalue weighted by molar-refractivity contribution is 5.77. The molecule has 0 saturated heterocycles. The maximum absolute atomic E-state index is 11.7. The summed E-state index contributed by atoms with van der Waals surface area (Å²) in [5, 5.41) is 4.08. The van der Waals surface area contributed by atoms with Crippen molar-refractivity contribution in [3.8, 4) is 0 Å². The molecule has 5 heteroatoms. The molecule has 0 bridgehead atoms. The summed E-state index contributed by atoms with van der Waals surface area (Å²) >= 11 is 0. The minimum absolute atomic E-state index is 0.309. The number of aromatic nitrogens is 2. The van der Waals surface area contributed by atoms with Crippen LogP contribution in [0.2, 0.25) is 0 Å². The molecule has 15 heavy (non-hydrogen) atoms. The summed E-state index contributed by atoms with van der Waals surface area (Å²) < 4.78 is 6.57. The van der Waals surface area contributed by atoms with Gasteiger partial charge in [-0.05, 0) is 27.7 Å². The van der Waals surface area contributed by atoms with Crippen LogP contribution in [0.1, 0.15) is 26.5 Å². The number of nitrogens with two attached hydrogens (primary N) is 1. The van der Waals surface area contributed by atoms with Gasteiger partial charge >= 0.3 is 5.97 Å². The first-order chi connectivity index (χ1) is 6.89. The van der Waals surface area contributed by atoms with E-state index in [1.54, 1.807) is 31.5 Å². The van der Waals surface area contributed by atoms with Crippen LogP contribution in [0.5, 0.6) is 0 Å². The van der Waals surface area contributed by atoms with E-state index in [4.69, 9.17) is 10.5 Å². The van der Waals surface area contributed by atoms with Crippen LogP contribution in [0.15, 0.2) is 6.07 Å². The van der Waals surface area contributed by atoms with Crippen LogP contribution in [0.3, 0.4) is 0 Å². The van der Waals surface area contributed by atoms with E-state index in [-0.39, 0.29) is 5.97 Å². The van der Waals surface area contributed by atoms with Crippen LogP contribution in [-0.2, 0) is 15.1 Å². The van der Waals surface area contributed by atoms with Crippen molar-refractivity contribution < 1.29 is 9.53 Å². The number of ether oxygens (including phenoxy) is 1. The Bertz CT molecular complexity index is 369. The molecule has 1 aromatic rings. The summed E-state index contributed by atoms with van der Waals surface area (Å²) in [6.07, 6.45) is 0. The fourth-order valence-electron chi connectivity index (χ4n) is 1.46. The Morgan fingerprint density at radius 2 is 2.27 bits per heavy atom. The molecule has 0 aliphatic rings. The summed E-state index contributed by atoms with van der Waals surface area (Å²) in [6.45, 7) is 7.50. The van der Waals surface area contributed by atoms with Crippen molar-refractivity contribution in [3.05, 3.63) is 11.8 Å². The summed E-state index contributed by atoms with van der Waals surface area (Å²) in [4.78, 5) is 11.7. The highest BCUT2D eigenvalue weighted by Gasteiger charge is 2.33. The average Bonchev–Trinajstić information content (AvgIpc) is 2.46. The molecule has 0 aliphatic heterocycles. The number of anilines is 1. The van der Waals surface area contributed by atoms with Crippen LogP contribution < -0.4 is 5.73 Å². The topological polar surface area (TPSA) is 70.1 Å². The van der Waals surface area contributed by atoms with Crippen LogP contribution in [0.4, 0.5) is 5.82 Å². The molecular weight excluding hydrogens is 194 g/mol. The molecule has 0 aliphatic carbocycles. The quantitative estimate of drug-likeness (QED) is 0.759.